The Morgan fingerprint density at radius 1 is 1.36 bits per heavy atom. The highest BCUT2D eigenvalue weighted by molar-refractivity contribution is 7.13. The van der Waals surface area contributed by atoms with E-state index in [9.17, 15) is 9.59 Å². The standard InChI is InChI=1S/C18H21ClN4O2S.2ClH/c19-14-5-1-3-12(9-14)17-22-15(11-26-17)18(25)23-8-2-4-13(10-23)16(24)21-7-6-20;;/h1,3,5,9,11,13H,2,4,6-8,10,20H2,(H,21,24);2*1H. The molecule has 0 aliphatic carbocycles. The van der Waals surface area contributed by atoms with E-state index in [0.717, 1.165) is 23.4 Å². The summed E-state index contributed by atoms with van der Waals surface area (Å²) >= 11 is 7.44. The van der Waals surface area contributed by atoms with Gasteiger partial charge in [-0.3, -0.25) is 9.59 Å². The smallest absolute Gasteiger partial charge is 0.273 e. The van der Waals surface area contributed by atoms with Crippen LogP contribution in [0, 0.1) is 5.92 Å². The molecule has 1 aliphatic heterocycles. The van der Waals surface area contributed by atoms with Crippen LogP contribution in [0.25, 0.3) is 10.6 Å². The predicted molar refractivity (Wildman–Crippen MR) is 118 cm³/mol. The molecule has 1 atom stereocenters. The van der Waals surface area contributed by atoms with Crippen LogP contribution in [0.15, 0.2) is 29.6 Å². The van der Waals surface area contributed by atoms with Crippen LogP contribution in [-0.2, 0) is 4.79 Å². The molecule has 10 heteroatoms. The first-order chi connectivity index (χ1) is 12.6. The van der Waals surface area contributed by atoms with Crippen molar-refractivity contribution < 1.29 is 9.59 Å². The lowest BCUT2D eigenvalue weighted by atomic mass is 9.97. The molecule has 2 aromatic rings. The van der Waals surface area contributed by atoms with Crippen molar-refractivity contribution in [2.24, 2.45) is 11.7 Å². The Morgan fingerprint density at radius 3 is 2.86 bits per heavy atom. The molecule has 2 heterocycles. The normalized spacial score (nSPS) is 15.9. The molecular weight excluding hydrogens is 443 g/mol. The second-order valence-corrected chi connectivity index (χ2v) is 7.51. The van der Waals surface area contributed by atoms with E-state index in [2.05, 4.69) is 10.3 Å². The van der Waals surface area contributed by atoms with Crippen LogP contribution >= 0.6 is 47.8 Å². The number of nitrogens with two attached hydrogens (primary N) is 1. The van der Waals surface area contributed by atoms with Crippen LogP contribution in [0.4, 0.5) is 0 Å². The highest BCUT2D eigenvalue weighted by Gasteiger charge is 2.29. The third kappa shape index (κ3) is 6.06. The SMILES string of the molecule is Cl.Cl.NCCNC(=O)C1CCCN(C(=O)c2csc(-c3cccc(Cl)c3)n2)C1. The van der Waals surface area contributed by atoms with Gasteiger partial charge in [-0.25, -0.2) is 4.98 Å². The molecule has 1 aliphatic rings. The first-order valence-corrected chi connectivity index (χ1v) is 9.82. The quantitative estimate of drug-likeness (QED) is 0.709. The van der Waals surface area contributed by atoms with E-state index < -0.39 is 0 Å². The zero-order valence-electron chi connectivity index (χ0n) is 15.1. The van der Waals surface area contributed by atoms with E-state index in [0.29, 0.717) is 36.9 Å². The number of hydrogen-bond donors (Lipinski definition) is 2. The van der Waals surface area contributed by atoms with Crippen LogP contribution in [0.1, 0.15) is 23.3 Å². The van der Waals surface area contributed by atoms with Crippen molar-refractivity contribution in [3.63, 3.8) is 0 Å². The topological polar surface area (TPSA) is 88.3 Å². The highest BCUT2D eigenvalue weighted by Crippen LogP contribution is 2.27. The lowest BCUT2D eigenvalue weighted by Crippen LogP contribution is -2.46. The summed E-state index contributed by atoms with van der Waals surface area (Å²) in [6, 6.07) is 7.40. The van der Waals surface area contributed by atoms with Crippen LogP contribution in [0.2, 0.25) is 5.02 Å². The first-order valence-electron chi connectivity index (χ1n) is 8.57. The average molecular weight is 466 g/mol. The summed E-state index contributed by atoms with van der Waals surface area (Å²) in [6.45, 7) is 1.92. The lowest BCUT2D eigenvalue weighted by molar-refractivity contribution is -0.126. The summed E-state index contributed by atoms with van der Waals surface area (Å²) in [5, 5.41) is 5.95. The van der Waals surface area contributed by atoms with Crippen LogP contribution in [0.3, 0.4) is 0 Å². The van der Waals surface area contributed by atoms with Gasteiger partial charge in [-0.05, 0) is 25.0 Å². The van der Waals surface area contributed by atoms with Crippen LogP contribution < -0.4 is 11.1 Å². The maximum atomic E-state index is 12.8. The van der Waals surface area contributed by atoms with Gasteiger partial charge in [0.05, 0.1) is 5.92 Å². The van der Waals surface area contributed by atoms with E-state index in [1.54, 1.807) is 16.3 Å². The molecule has 0 saturated carbocycles. The molecular formula is C18H23Cl3N4O2S. The molecule has 1 saturated heterocycles. The summed E-state index contributed by atoms with van der Waals surface area (Å²) in [7, 11) is 0. The molecule has 2 amide bonds. The fraction of sp³-hybridized carbons (Fsp3) is 0.389. The van der Waals surface area contributed by atoms with E-state index in [1.807, 2.05) is 18.2 Å². The maximum absolute atomic E-state index is 12.8. The summed E-state index contributed by atoms with van der Waals surface area (Å²) < 4.78 is 0. The monoisotopic (exact) mass is 464 g/mol. The molecule has 1 fully saturated rings. The van der Waals surface area contributed by atoms with Gasteiger partial charge in [0.2, 0.25) is 5.91 Å². The molecule has 154 valence electrons. The molecule has 3 N–H and O–H groups in total. The van der Waals surface area contributed by atoms with Gasteiger partial charge >= 0.3 is 0 Å². The van der Waals surface area contributed by atoms with Crippen LogP contribution in [0.5, 0.6) is 0 Å². The van der Waals surface area contributed by atoms with Gasteiger partial charge in [0.15, 0.2) is 0 Å². The molecule has 1 aromatic carbocycles. The predicted octanol–water partition coefficient (Wildman–Crippen LogP) is 3.23. The van der Waals surface area contributed by atoms with Crippen molar-refractivity contribution >= 4 is 59.6 Å². The van der Waals surface area contributed by atoms with E-state index in [-0.39, 0.29) is 42.5 Å². The van der Waals surface area contributed by atoms with E-state index >= 15 is 0 Å². The number of carbonyl (C=O) groups excluding carboxylic acids is 2. The number of piperidine rings is 1. The van der Waals surface area contributed by atoms with Crippen molar-refractivity contribution in [1.29, 1.82) is 0 Å². The molecule has 0 bridgehead atoms. The number of nitrogens with one attached hydrogen (secondary N) is 1. The fourth-order valence-electron chi connectivity index (χ4n) is 3.00. The molecule has 6 nitrogen and oxygen atoms in total. The van der Waals surface area contributed by atoms with Gasteiger partial charge in [0.25, 0.3) is 5.91 Å². The van der Waals surface area contributed by atoms with Gasteiger partial charge in [0, 0.05) is 42.1 Å². The summed E-state index contributed by atoms with van der Waals surface area (Å²) in [4.78, 5) is 31.1. The Labute approximate surface area is 185 Å². The minimum Gasteiger partial charge on any atom is -0.355 e. The third-order valence-corrected chi connectivity index (χ3v) is 5.44. The number of rotatable bonds is 5. The second kappa shape index (κ2) is 11.6. The van der Waals surface area contributed by atoms with Crippen LogP contribution in [-0.4, -0.2) is 47.9 Å². The summed E-state index contributed by atoms with van der Waals surface area (Å²) in [5.41, 5.74) is 6.72. The molecule has 1 aromatic heterocycles. The Morgan fingerprint density at radius 2 is 2.14 bits per heavy atom. The summed E-state index contributed by atoms with van der Waals surface area (Å²) in [6.07, 6.45) is 1.59. The van der Waals surface area contributed by atoms with E-state index in [1.165, 1.54) is 11.3 Å². The number of benzene rings is 1. The first kappa shape index (κ1) is 24.7. The van der Waals surface area contributed by atoms with Crippen molar-refractivity contribution in [1.82, 2.24) is 15.2 Å². The van der Waals surface area contributed by atoms with Gasteiger partial charge in [0.1, 0.15) is 10.7 Å². The number of likely N-dealkylation sites (tertiary alicyclic amines) is 1. The average Bonchev–Trinajstić information content (AvgIpc) is 3.16. The van der Waals surface area contributed by atoms with E-state index in [4.69, 9.17) is 17.3 Å². The number of nitrogens with zero attached hydrogens (tertiary/aromatic N) is 2. The zero-order valence-corrected chi connectivity index (χ0v) is 18.3. The molecule has 0 spiro atoms. The van der Waals surface area contributed by atoms with Gasteiger partial charge < -0.3 is 16.0 Å². The number of amides is 2. The number of hydrogen-bond acceptors (Lipinski definition) is 5. The molecule has 0 radical (unpaired) electrons. The minimum absolute atomic E-state index is 0. The highest BCUT2D eigenvalue weighted by atomic mass is 35.5. The Balaban J connectivity index is 0.00000196. The van der Waals surface area contributed by atoms with Crippen molar-refractivity contribution in [2.45, 2.75) is 12.8 Å². The fourth-order valence-corrected chi connectivity index (χ4v) is 3.98. The lowest BCUT2D eigenvalue weighted by Gasteiger charge is -2.31. The second-order valence-electron chi connectivity index (χ2n) is 6.22. The van der Waals surface area contributed by atoms with Gasteiger partial charge in [-0.2, -0.15) is 0 Å². The Hall–Kier alpha value is -1.38. The molecule has 3 rings (SSSR count). The summed E-state index contributed by atoms with van der Waals surface area (Å²) in [5.74, 6) is -0.359. The Bertz CT molecular complexity index is 803. The third-order valence-electron chi connectivity index (χ3n) is 4.32. The maximum Gasteiger partial charge on any atom is 0.273 e. The Kier molecular flexibility index (Phi) is 10.2. The molecule has 28 heavy (non-hydrogen) atoms. The van der Waals surface area contributed by atoms with Crippen molar-refractivity contribution in [2.75, 3.05) is 26.2 Å². The zero-order chi connectivity index (χ0) is 18.5. The number of halogens is 3. The van der Waals surface area contributed by atoms with Crippen molar-refractivity contribution in [3.05, 3.63) is 40.4 Å². The van der Waals surface area contributed by atoms with Gasteiger partial charge in [-0.1, -0.05) is 23.7 Å². The van der Waals surface area contributed by atoms with Gasteiger partial charge in [-0.15, -0.1) is 36.2 Å². The number of carbonyl (C=O) groups is 2. The number of aromatic nitrogens is 1. The minimum atomic E-state index is -0.190. The number of thiazole rings is 1. The largest absolute Gasteiger partial charge is 0.355 e. The van der Waals surface area contributed by atoms with Crippen molar-refractivity contribution in [3.8, 4) is 10.6 Å². The molecule has 1 unspecified atom stereocenters.